The number of likely N-dealkylation sites (N-methyl/N-ethyl adjacent to an activating group) is 1. The Morgan fingerprint density at radius 2 is 1.86 bits per heavy atom. The molecule has 0 aliphatic rings. The van der Waals surface area contributed by atoms with Crippen molar-refractivity contribution < 1.29 is 4.79 Å². The van der Waals surface area contributed by atoms with Crippen molar-refractivity contribution in [2.75, 3.05) is 13.6 Å². The molecule has 0 radical (unpaired) electrons. The normalized spacial score (nSPS) is 14.0. The van der Waals surface area contributed by atoms with Gasteiger partial charge < -0.3 is 16.0 Å². The van der Waals surface area contributed by atoms with E-state index < -0.39 is 0 Å². The average molecular weight is 201 g/mol. The van der Waals surface area contributed by atoms with Crippen LogP contribution in [0.4, 0.5) is 0 Å². The van der Waals surface area contributed by atoms with Gasteiger partial charge in [0.25, 0.3) is 0 Å². The number of hydrogen-bond donors (Lipinski definition) is 2. The summed E-state index contributed by atoms with van der Waals surface area (Å²) in [6, 6.07) is 0.432. The Bertz CT molecular complexity index is 180. The molecule has 0 aromatic carbocycles. The van der Waals surface area contributed by atoms with Crippen LogP contribution in [0.1, 0.15) is 27.7 Å². The third-order valence-electron chi connectivity index (χ3n) is 2.23. The first-order valence-electron chi connectivity index (χ1n) is 5.10. The first kappa shape index (κ1) is 13.4. The molecule has 1 unspecified atom stereocenters. The summed E-state index contributed by atoms with van der Waals surface area (Å²) < 4.78 is 0. The van der Waals surface area contributed by atoms with Gasteiger partial charge in [0.05, 0.1) is 6.04 Å². The standard InChI is InChI=1S/C10H23N3O/c1-7(2)12-9(10(11)14)6-13(5)8(3)4/h7-9,12H,6H2,1-5H3,(H2,11,14). The number of primary amides is 1. The molecule has 0 aromatic rings. The first-order valence-corrected chi connectivity index (χ1v) is 5.10. The largest absolute Gasteiger partial charge is 0.368 e. The minimum atomic E-state index is -0.286. The van der Waals surface area contributed by atoms with Crippen LogP contribution in [0.25, 0.3) is 0 Å². The van der Waals surface area contributed by atoms with Crippen molar-refractivity contribution in [1.82, 2.24) is 10.2 Å². The molecule has 3 N–H and O–H groups in total. The van der Waals surface area contributed by atoms with Crippen molar-refractivity contribution >= 4 is 5.91 Å². The molecule has 4 nitrogen and oxygen atoms in total. The summed E-state index contributed by atoms with van der Waals surface area (Å²) in [4.78, 5) is 13.2. The molecule has 0 saturated heterocycles. The molecule has 14 heavy (non-hydrogen) atoms. The van der Waals surface area contributed by atoms with Gasteiger partial charge in [-0.2, -0.15) is 0 Å². The predicted molar refractivity (Wildman–Crippen MR) is 59.0 cm³/mol. The van der Waals surface area contributed by atoms with Crippen molar-refractivity contribution in [2.24, 2.45) is 5.73 Å². The maximum absolute atomic E-state index is 11.1. The molecule has 0 rings (SSSR count). The molecular formula is C10H23N3O. The number of hydrogen-bond acceptors (Lipinski definition) is 3. The van der Waals surface area contributed by atoms with Crippen molar-refractivity contribution in [3.05, 3.63) is 0 Å². The van der Waals surface area contributed by atoms with Crippen molar-refractivity contribution in [3.8, 4) is 0 Å². The van der Waals surface area contributed by atoms with Crippen LogP contribution in [0, 0.1) is 0 Å². The lowest BCUT2D eigenvalue weighted by Gasteiger charge is -2.27. The van der Waals surface area contributed by atoms with Crippen LogP contribution in [0.5, 0.6) is 0 Å². The Kier molecular flexibility index (Phi) is 5.72. The number of rotatable bonds is 6. The second kappa shape index (κ2) is 5.98. The Labute approximate surface area is 86.8 Å². The lowest BCUT2D eigenvalue weighted by atomic mass is 10.2. The Hall–Kier alpha value is -0.610. The van der Waals surface area contributed by atoms with E-state index in [0.717, 1.165) is 0 Å². The summed E-state index contributed by atoms with van der Waals surface area (Å²) >= 11 is 0. The van der Waals surface area contributed by atoms with E-state index in [1.165, 1.54) is 0 Å². The summed E-state index contributed by atoms with van der Waals surface area (Å²) in [5, 5.41) is 3.15. The molecule has 0 aliphatic carbocycles. The van der Waals surface area contributed by atoms with Crippen LogP contribution >= 0.6 is 0 Å². The topological polar surface area (TPSA) is 58.4 Å². The van der Waals surface area contributed by atoms with E-state index in [1.807, 2.05) is 20.9 Å². The highest BCUT2D eigenvalue weighted by atomic mass is 16.1. The monoisotopic (exact) mass is 201 g/mol. The number of nitrogens with two attached hydrogens (primary N) is 1. The Morgan fingerprint density at radius 3 is 2.14 bits per heavy atom. The van der Waals surface area contributed by atoms with Crippen LogP contribution < -0.4 is 11.1 Å². The van der Waals surface area contributed by atoms with Gasteiger partial charge >= 0.3 is 0 Å². The van der Waals surface area contributed by atoms with E-state index in [-0.39, 0.29) is 18.0 Å². The van der Waals surface area contributed by atoms with Crippen molar-refractivity contribution in [1.29, 1.82) is 0 Å². The highest BCUT2D eigenvalue weighted by molar-refractivity contribution is 5.80. The minimum absolute atomic E-state index is 0.262. The molecule has 0 fully saturated rings. The second-order valence-electron chi connectivity index (χ2n) is 4.31. The SMILES string of the molecule is CC(C)NC(CN(C)C(C)C)C(N)=O. The summed E-state index contributed by atoms with van der Waals surface area (Å²) in [6.07, 6.45) is 0. The van der Waals surface area contributed by atoms with Gasteiger partial charge in [-0.25, -0.2) is 0 Å². The zero-order valence-corrected chi connectivity index (χ0v) is 9.87. The predicted octanol–water partition coefficient (Wildman–Crippen LogP) is 0.179. The van der Waals surface area contributed by atoms with Gasteiger partial charge in [-0.15, -0.1) is 0 Å². The lowest BCUT2D eigenvalue weighted by Crippen LogP contribution is -2.51. The van der Waals surface area contributed by atoms with Crippen molar-refractivity contribution in [3.63, 3.8) is 0 Å². The molecular weight excluding hydrogens is 178 g/mol. The highest BCUT2D eigenvalue weighted by Gasteiger charge is 2.18. The third-order valence-corrected chi connectivity index (χ3v) is 2.23. The number of nitrogens with one attached hydrogen (secondary N) is 1. The summed E-state index contributed by atoms with van der Waals surface area (Å²) in [5.74, 6) is -0.286. The van der Waals surface area contributed by atoms with E-state index in [0.29, 0.717) is 12.6 Å². The summed E-state index contributed by atoms with van der Waals surface area (Å²) in [7, 11) is 1.99. The van der Waals surface area contributed by atoms with Crippen LogP contribution in [0.15, 0.2) is 0 Å². The van der Waals surface area contributed by atoms with E-state index in [2.05, 4.69) is 24.1 Å². The zero-order valence-electron chi connectivity index (χ0n) is 9.87. The number of nitrogens with zero attached hydrogens (tertiary/aromatic N) is 1. The van der Waals surface area contributed by atoms with E-state index in [1.54, 1.807) is 0 Å². The summed E-state index contributed by atoms with van der Waals surface area (Å²) in [5.41, 5.74) is 5.31. The molecule has 0 aromatic heterocycles. The summed E-state index contributed by atoms with van der Waals surface area (Å²) in [6.45, 7) is 8.85. The molecule has 0 aliphatic heterocycles. The van der Waals surface area contributed by atoms with Gasteiger partial charge in [-0.3, -0.25) is 4.79 Å². The number of carbonyl (C=O) groups is 1. The number of carbonyl (C=O) groups excluding carboxylic acids is 1. The minimum Gasteiger partial charge on any atom is -0.368 e. The van der Waals surface area contributed by atoms with Crippen LogP contribution in [0.2, 0.25) is 0 Å². The Balaban J connectivity index is 4.16. The molecule has 84 valence electrons. The highest BCUT2D eigenvalue weighted by Crippen LogP contribution is 1.97. The van der Waals surface area contributed by atoms with E-state index in [4.69, 9.17) is 5.73 Å². The van der Waals surface area contributed by atoms with Gasteiger partial charge in [0, 0.05) is 18.6 Å². The van der Waals surface area contributed by atoms with Crippen LogP contribution in [-0.4, -0.2) is 42.5 Å². The smallest absolute Gasteiger partial charge is 0.235 e. The lowest BCUT2D eigenvalue weighted by molar-refractivity contribution is -0.120. The Morgan fingerprint density at radius 1 is 1.36 bits per heavy atom. The molecule has 0 bridgehead atoms. The molecule has 0 heterocycles. The van der Waals surface area contributed by atoms with Gasteiger partial charge in [0.15, 0.2) is 0 Å². The van der Waals surface area contributed by atoms with Gasteiger partial charge in [-0.1, -0.05) is 13.8 Å². The van der Waals surface area contributed by atoms with E-state index >= 15 is 0 Å². The molecule has 1 atom stereocenters. The fourth-order valence-electron chi connectivity index (χ4n) is 1.13. The first-order chi connectivity index (χ1) is 6.34. The molecule has 1 amide bonds. The second-order valence-corrected chi connectivity index (χ2v) is 4.31. The quantitative estimate of drug-likeness (QED) is 0.644. The third kappa shape index (κ3) is 5.19. The van der Waals surface area contributed by atoms with Crippen molar-refractivity contribution in [2.45, 2.75) is 45.8 Å². The van der Waals surface area contributed by atoms with Crippen LogP contribution in [-0.2, 0) is 4.79 Å². The average Bonchev–Trinajstić information content (AvgIpc) is 2.01. The fourth-order valence-corrected chi connectivity index (χ4v) is 1.13. The molecule has 0 saturated carbocycles. The molecule has 4 heteroatoms. The van der Waals surface area contributed by atoms with Gasteiger partial charge in [0.1, 0.15) is 0 Å². The van der Waals surface area contributed by atoms with Gasteiger partial charge in [-0.05, 0) is 20.9 Å². The van der Waals surface area contributed by atoms with Crippen LogP contribution in [0.3, 0.4) is 0 Å². The maximum atomic E-state index is 11.1. The number of amides is 1. The maximum Gasteiger partial charge on any atom is 0.235 e. The zero-order chi connectivity index (χ0) is 11.3. The fraction of sp³-hybridized carbons (Fsp3) is 0.900. The molecule has 0 spiro atoms. The van der Waals surface area contributed by atoms with Gasteiger partial charge in [0.2, 0.25) is 5.91 Å². The van der Waals surface area contributed by atoms with E-state index in [9.17, 15) is 4.79 Å².